The van der Waals surface area contributed by atoms with E-state index in [0.29, 0.717) is 19.0 Å². The maximum absolute atomic E-state index is 11.5. The molecule has 1 aromatic heterocycles. The van der Waals surface area contributed by atoms with Gasteiger partial charge in [-0.2, -0.15) is 0 Å². The van der Waals surface area contributed by atoms with Crippen molar-refractivity contribution in [2.45, 2.75) is 38.8 Å². The van der Waals surface area contributed by atoms with Crippen molar-refractivity contribution in [2.75, 3.05) is 18.0 Å². The van der Waals surface area contributed by atoms with Crippen LogP contribution in [-0.4, -0.2) is 61.9 Å². The van der Waals surface area contributed by atoms with Crippen LogP contribution in [0.5, 0.6) is 0 Å². The molecule has 2 fully saturated rings. The number of carbonyl (C=O) groups is 2. The molecule has 0 radical (unpaired) electrons. The molecule has 2 aliphatic heterocycles. The van der Waals surface area contributed by atoms with Crippen molar-refractivity contribution < 1.29 is 19.9 Å². The molecule has 0 spiro atoms. The van der Waals surface area contributed by atoms with Gasteiger partial charge in [0.25, 0.3) is 5.91 Å². The van der Waals surface area contributed by atoms with Gasteiger partial charge in [0.1, 0.15) is 0 Å². The van der Waals surface area contributed by atoms with E-state index in [4.69, 9.17) is 5.21 Å². The zero-order chi connectivity index (χ0) is 17.7. The van der Waals surface area contributed by atoms with Crippen LogP contribution in [-0.2, 0) is 0 Å². The number of carbonyl (C=O) groups excluding carboxylic acids is 1. The normalized spacial score (nSPS) is 25.9. The second-order valence-corrected chi connectivity index (χ2v) is 7.37. The van der Waals surface area contributed by atoms with Gasteiger partial charge in [-0.1, -0.05) is 20.8 Å². The van der Waals surface area contributed by atoms with Gasteiger partial charge in [-0.05, 0) is 11.8 Å². The molecule has 0 saturated carbocycles. The molecule has 2 atom stereocenters. The molecule has 0 aliphatic carbocycles. The SMILES string of the molecule is CC(C)(C)C12C[C@@H](CN1c1ncc(C(=O)NO)cn1)N(C(=O)O)C2. The summed E-state index contributed by atoms with van der Waals surface area (Å²) in [6.45, 7) is 7.18. The minimum absolute atomic E-state index is 0.0919. The van der Waals surface area contributed by atoms with Crippen LogP contribution in [0.1, 0.15) is 37.6 Å². The summed E-state index contributed by atoms with van der Waals surface area (Å²) >= 11 is 0. The van der Waals surface area contributed by atoms with Gasteiger partial charge >= 0.3 is 6.09 Å². The van der Waals surface area contributed by atoms with Crippen LogP contribution >= 0.6 is 0 Å². The quantitative estimate of drug-likeness (QED) is 0.544. The number of likely N-dealkylation sites (tertiary alicyclic amines) is 1. The summed E-state index contributed by atoms with van der Waals surface area (Å²) in [5.74, 6) is -0.209. The van der Waals surface area contributed by atoms with Crippen molar-refractivity contribution in [3.05, 3.63) is 18.0 Å². The van der Waals surface area contributed by atoms with Crippen LogP contribution in [0.25, 0.3) is 0 Å². The third-order valence-corrected chi connectivity index (χ3v) is 5.24. The van der Waals surface area contributed by atoms with Crippen LogP contribution in [0.3, 0.4) is 0 Å². The lowest BCUT2D eigenvalue weighted by molar-refractivity contribution is 0.0705. The van der Waals surface area contributed by atoms with Crippen LogP contribution in [0.15, 0.2) is 12.4 Å². The Morgan fingerprint density at radius 1 is 1.33 bits per heavy atom. The van der Waals surface area contributed by atoms with E-state index in [1.165, 1.54) is 17.3 Å². The molecule has 0 aromatic carbocycles. The first-order chi connectivity index (χ1) is 11.2. The number of hydrogen-bond donors (Lipinski definition) is 3. The van der Waals surface area contributed by atoms with E-state index >= 15 is 0 Å². The predicted octanol–water partition coefficient (Wildman–Crippen LogP) is 0.953. The van der Waals surface area contributed by atoms with Gasteiger partial charge in [-0.25, -0.2) is 20.2 Å². The Labute approximate surface area is 139 Å². The lowest BCUT2D eigenvalue weighted by Gasteiger charge is -2.49. The average molecular weight is 335 g/mol. The van der Waals surface area contributed by atoms with Crippen molar-refractivity contribution in [1.82, 2.24) is 20.3 Å². The molecule has 2 saturated heterocycles. The van der Waals surface area contributed by atoms with Gasteiger partial charge in [0.2, 0.25) is 5.95 Å². The number of nitrogens with one attached hydrogen (secondary N) is 1. The summed E-state index contributed by atoms with van der Waals surface area (Å²) in [6, 6.07) is -0.0919. The molecule has 3 N–H and O–H groups in total. The topological polar surface area (TPSA) is 119 Å². The average Bonchev–Trinajstić information content (AvgIpc) is 3.11. The van der Waals surface area contributed by atoms with Crippen LogP contribution in [0.2, 0.25) is 0 Å². The van der Waals surface area contributed by atoms with E-state index in [9.17, 15) is 14.7 Å². The fourth-order valence-electron chi connectivity index (χ4n) is 3.81. The van der Waals surface area contributed by atoms with Crippen LogP contribution in [0, 0.1) is 5.41 Å². The number of fused-ring (bicyclic) bond motifs is 2. The molecular formula is C15H21N5O4. The summed E-state index contributed by atoms with van der Waals surface area (Å²) in [5, 5.41) is 18.1. The first kappa shape index (κ1) is 16.4. The maximum atomic E-state index is 11.5. The molecule has 24 heavy (non-hydrogen) atoms. The lowest BCUT2D eigenvalue weighted by Crippen LogP contribution is -2.61. The highest BCUT2D eigenvalue weighted by atomic mass is 16.5. The number of hydroxylamine groups is 1. The largest absolute Gasteiger partial charge is 0.465 e. The van der Waals surface area contributed by atoms with Crippen LogP contribution in [0.4, 0.5) is 10.7 Å². The van der Waals surface area contributed by atoms with Crippen LogP contribution < -0.4 is 10.4 Å². The van der Waals surface area contributed by atoms with Crippen molar-refractivity contribution in [1.29, 1.82) is 0 Å². The highest BCUT2D eigenvalue weighted by Gasteiger charge is 2.62. The lowest BCUT2D eigenvalue weighted by atomic mass is 9.73. The van der Waals surface area contributed by atoms with E-state index < -0.39 is 17.5 Å². The molecule has 2 aliphatic rings. The number of piperazine rings is 1. The predicted molar refractivity (Wildman–Crippen MR) is 84.0 cm³/mol. The Morgan fingerprint density at radius 3 is 2.46 bits per heavy atom. The van der Waals surface area contributed by atoms with E-state index in [-0.39, 0.29) is 17.0 Å². The Morgan fingerprint density at radius 2 is 1.96 bits per heavy atom. The van der Waals surface area contributed by atoms with Crippen molar-refractivity contribution >= 4 is 17.9 Å². The molecule has 3 heterocycles. The van der Waals surface area contributed by atoms with E-state index in [2.05, 4.69) is 35.6 Å². The smallest absolute Gasteiger partial charge is 0.407 e. The Kier molecular flexibility index (Phi) is 3.63. The number of aromatic nitrogens is 2. The molecule has 3 rings (SSSR count). The van der Waals surface area contributed by atoms with E-state index in [1.54, 1.807) is 5.48 Å². The zero-order valence-electron chi connectivity index (χ0n) is 13.9. The summed E-state index contributed by atoms with van der Waals surface area (Å²) in [6.07, 6.45) is 2.53. The maximum Gasteiger partial charge on any atom is 0.407 e. The van der Waals surface area contributed by atoms with Gasteiger partial charge in [-0.15, -0.1) is 0 Å². The minimum Gasteiger partial charge on any atom is -0.465 e. The second kappa shape index (κ2) is 5.30. The molecule has 1 aromatic rings. The summed E-state index contributed by atoms with van der Waals surface area (Å²) in [5.41, 5.74) is 1.12. The third-order valence-electron chi connectivity index (χ3n) is 5.24. The fraction of sp³-hybridized carbons (Fsp3) is 0.600. The van der Waals surface area contributed by atoms with Gasteiger partial charge in [0.15, 0.2) is 0 Å². The standard InChI is InChI=1S/C15H21N5O4/c1-14(2,3)15-4-10(19(8-15)13(22)23)7-20(15)12-16-5-9(6-17-12)11(21)18-24/h5-6,10,24H,4,7-8H2,1-3H3,(H,18,21)(H,22,23)/t10-,15?/m0/s1. The monoisotopic (exact) mass is 335 g/mol. The highest BCUT2D eigenvalue weighted by Crippen LogP contribution is 2.51. The highest BCUT2D eigenvalue weighted by molar-refractivity contribution is 5.92. The third kappa shape index (κ3) is 2.27. The first-order valence-corrected chi connectivity index (χ1v) is 7.73. The van der Waals surface area contributed by atoms with E-state index in [0.717, 1.165) is 6.42 Å². The van der Waals surface area contributed by atoms with E-state index in [1.807, 2.05) is 0 Å². The van der Waals surface area contributed by atoms with Gasteiger partial charge < -0.3 is 14.9 Å². The van der Waals surface area contributed by atoms with Gasteiger partial charge in [0.05, 0.1) is 17.1 Å². The Balaban J connectivity index is 1.94. The number of nitrogens with zero attached hydrogens (tertiary/aromatic N) is 4. The second-order valence-electron chi connectivity index (χ2n) is 7.37. The summed E-state index contributed by atoms with van der Waals surface area (Å²) < 4.78 is 0. The number of anilines is 1. The molecule has 2 amide bonds. The number of hydrogen-bond acceptors (Lipinski definition) is 6. The Hall–Kier alpha value is -2.42. The minimum atomic E-state index is -0.901. The van der Waals surface area contributed by atoms with Gasteiger partial charge in [0, 0.05) is 25.5 Å². The van der Waals surface area contributed by atoms with Gasteiger partial charge in [-0.3, -0.25) is 10.0 Å². The summed E-state index contributed by atoms with van der Waals surface area (Å²) in [4.78, 5) is 34.9. The Bertz CT molecular complexity index is 671. The molecular weight excluding hydrogens is 314 g/mol. The summed E-state index contributed by atoms with van der Waals surface area (Å²) in [7, 11) is 0. The molecule has 9 heteroatoms. The van der Waals surface area contributed by atoms with Crippen molar-refractivity contribution in [3.8, 4) is 0 Å². The zero-order valence-corrected chi connectivity index (χ0v) is 13.9. The molecule has 9 nitrogen and oxygen atoms in total. The molecule has 1 unspecified atom stereocenters. The van der Waals surface area contributed by atoms with Crippen molar-refractivity contribution in [2.24, 2.45) is 5.41 Å². The fourth-order valence-corrected chi connectivity index (χ4v) is 3.81. The molecule has 130 valence electrons. The number of rotatable bonds is 2. The number of amides is 2. The molecule has 2 bridgehead atoms. The number of carboxylic acid groups (broad SMARTS) is 1. The van der Waals surface area contributed by atoms with Crippen molar-refractivity contribution in [3.63, 3.8) is 0 Å². The first-order valence-electron chi connectivity index (χ1n) is 7.73.